The van der Waals surface area contributed by atoms with E-state index in [0.717, 1.165) is 18.4 Å². The number of rotatable bonds is 7. The Morgan fingerprint density at radius 2 is 2.28 bits per heavy atom. The second-order valence-corrected chi connectivity index (χ2v) is 4.24. The van der Waals surface area contributed by atoms with Crippen molar-refractivity contribution in [2.45, 2.75) is 32.8 Å². The van der Waals surface area contributed by atoms with Gasteiger partial charge >= 0.3 is 0 Å². The molecular weight excluding hydrogens is 228 g/mol. The highest BCUT2D eigenvalue weighted by atomic mass is 16.5. The van der Waals surface area contributed by atoms with Crippen LogP contribution >= 0.6 is 0 Å². The third-order valence-electron chi connectivity index (χ3n) is 2.56. The molecule has 0 aliphatic heterocycles. The lowest BCUT2D eigenvalue weighted by atomic mass is 10.1. The molecule has 3 N–H and O–H groups in total. The highest BCUT2D eigenvalue weighted by molar-refractivity contribution is 5.80. The summed E-state index contributed by atoms with van der Waals surface area (Å²) >= 11 is 0. The summed E-state index contributed by atoms with van der Waals surface area (Å²) < 4.78 is 5.61. The highest BCUT2D eigenvalue weighted by Gasteiger charge is 2.13. The molecule has 1 unspecified atom stereocenters. The Kier molecular flexibility index (Phi) is 6.22. The number of carbonyl (C=O) groups is 1. The second kappa shape index (κ2) is 7.71. The van der Waals surface area contributed by atoms with Gasteiger partial charge in [-0.1, -0.05) is 19.1 Å². The summed E-state index contributed by atoms with van der Waals surface area (Å²) in [7, 11) is 0. The number of nitrogens with one attached hydrogen (secondary N) is 1. The summed E-state index contributed by atoms with van der Waals surface area (Å²) in [5.41, 5.74) is 6.63. The maximum absolute atomic E-state index is 11.7. The summed E-state index contributed by atoms with van der Waals surface area (Å²) in [6, 6.07) is 7.69. The highest BCUT2D eigenvalue weighted by Crippen LogP contribution is 2.15. The average molecular weight is 250 g/mol. The Bertz CT molecular complexity index is 380. The van der Waals surface area contributed by atoms with E-state index in [1.165, 1.54) is 0 Å². The quantitative estimate of drug-likeness (QED) is 0.770. The monoisotopic (exact) mass is 250 g/mol. The predicted molar refractivity (Wildman–Crippen MR) is 72.6 cm³/mol. The van der Waals surface area contributed by atoms with Gasteiger partial charge in [-0.3, -0.25) is 4.79 Å². The minimum absolute atomic E-state index is 0.0823. The third kappa shape index (κ3) is 4.75. The van der Waals surface area contributed by atoms with Crippen molar-refractivity contribution < 1.29 is 9.53 Å². The van der Waals surface area contributed by atoms with Gasteiger partial charge in [-0.2, -0.15) is 0 Å². The van der Waals surface area contributed by atoms with E-state index in [-0.39, 0.29) is 5.91 Å². The zero-order valence-electron chi connectivity index (χ0n) is 11.1. The number of nitrogens with two attached hydrogens (primary N) is 1. The maximum Gasteiger partial charge on any atom is 0.260 e. The van der Waals surface area contributed by atoms with Gasteiger partial charge in [-0.25, -0.2) is 0 Å². The number of hydrogen-bond donors (Lipinski definition) is 2. The van der Waals surface area contributed by atoms with Crippen LogP contribution in [0.1, 0.15) is 25.8 Å². The first kappa shape index (κ1) is 14.5. The van der Waals surface area contributed by atoms with Crippen LogP contribution in [0.25, 0.3) is 0 Å². The van der Waals surface area contributed by atoms with Crippen molar-refractivity contribution in [3.8, 4) is 5.75 Å². The van der Waals surface area contributed by atoms with E-state index in [2.05, 4.69) is 5.32 Å². The van der Waals surface area contributed by atoms with Crippen LogP contribution < -0.4 is 15.8 Å². The lowest BCUT2D eigenvalue weighted by Crippen LogP contribution is -2.36. The third-order valence-corrected chi connectivity index (χ3v) is 2.56. The molecule has 0 aliphatic carbocycles. The van der Waals surface area contributed by atoms with Gasteiger partial charge in [0, 0.05) is 6.54 Å². The van der Waals surface area contributed by atoms with Crippen LogP contribution in [-0.4, -0.2) is 25.1 Å². The normalized spacial score (nSPS) is 11.9. The Morgan fingerprint density at radius 1 is 1.50 bits per heavy atom. The first-order chi connectivity index (χ1) is 8.67. The Hall–Kier alpha value is -1.55. The van der Waals surface area contributed by atoms with E-state index in [1.54, 1.807) is 6.92 Å². The SMILES string of the molecule is CCCNC(=O)C(C)Oc1cccc(CCN)c1. The fourth-order valence-electron chi connectivity index (χ4n) is 1.59. The van der Waals surface area contributed by atoms with Crippen molar-refractivity contribution in [3.63, 3.8) is 0 Å². The van der Waals surface area contributed by atoms with Crippen LogP contribution in [0.3, 0.4) is 0 Å². The average Bonchev–Trinajstić information content (AvgIpc) is 2.36. The first-order valence-corrected chi connectivity index (χ1v) is 6.40. The molecule has 0 bridgehead atoms. The summed E-state index contributed by atoms with van der Waals surface area (Å²) in [6.45, 7) is 5.05. The zero-order valence-corrected chi connectivity index (χ0v) is 11.1. The molecule has 0 spiro atoms. The molecule has 1 aromatic rings. The van der Waals surface area contributed by atoms with E-state index in [0.29, 0.717) is 18.8 Å². The van der Waals surface area contributed by atoms with Gasteiger partial charge in [0.2, 0.25) is 0 Å². The Balaban J connectivity index is 2.55. The molecule has 1 amide bonds. The van der Waals surface area contributed by atoms with Gasteiger partial charge in [0.1, 0.15) is 5.75 Å². The van der Waals surface area contributed by atoms with E-state index < -0.39 is 6.10 Å². The van der Waals surface area contributed by atoms with E-state index >= 15 is 0 Å². The maximum atomic E-state index is 11.7. The Labute approximate surface area is 109 Å². The number of carbonyl (C=O) groups excluding carboxylic acids is 1. The van der Waals surface area contributed by atoms with Crippen molar-refractivity contribution in [3.05, 3.63) is 29.8 Å². The molecule has 0 fully saturated rings. The molecule has 4 heteroatoms. The van der Waals surface area contributed by atoms with Crippen LogP contribution in [0.15, 0.2) is 24.3 Å². The molecular formula is C14H22N2O2. The molecule has 0 saturated heterocycles. The lowest BCUT2D eigenvalue weighted by Gasteiger charge is -2.15. The van der Waals surface area contributed by atoms with Gasteiger partial charge in [-0.05, 0) is 44.0 Å². The molecule has 0 heterocycles. The molecule has 4 nitrogen and oxygen atoms in total. The van der Waals surface area contributed by atoms with Crippen LogP contribution in [0.2, 0.25) is 0 Å². The molecule has 1 rings (SSSR count). The van der Waals surface area contributed by atoms with Crippen molar-refractivity contribution >= 4 is 5.91 Å². The largest absolute Gasteiger partial charge is 0.481 e. The summed E-state index contributed by atoms with van der Waals surface area (Å²) in [5, 5.41) is 2.81. The fourth-order valence-corrected chi connectivity index (χ4v) is 1.59. The zero-order chi connectivity index (χ0) is 13.4. The van der Waals surface area contributed by atoms with Gasteiger partial charge in [0.15, 0.2) is 6.10 Å². The van der Waals surface area contributed by atoms with E-state index in [1.807, 2.05) is 31.2 Å². The summed E-state index contributed by atoms with van der Waals surface area (Å²) in [6.07, 6.45) is 1.25. The number of benzene rings is 1. The van der Waals surface area contributed by atoms with Gasteiger partial charge < -0.3 is 15.8 Å². The molecule has 1 atom stereocenters. The predicted octanol–water partition coefficient (Wildman–Crippen LogP) is 1.48. The van der Waals surface area contributed by atoms with E-state index in [9.17, 15) is 4.79 Å². The molecule has 100 valence electrons. The van der Waals surface area contributed by atoms with Crippen molar-refractivity contribution in [2.75, 3.05) is 13.1 Å². The van der Waals surface area contributed by atoms with Crippen LogP contribution in [0.4, 0.5) is 0 Å². The van der Waals surface area contributed by atoms with Crippen molar-refractivity contribution in [1.82, 2.24) is 5.32 Å². The van der Waals surface area contributed by atoms with Gasteiger partial charge in [0.05, 0.1) is 0 Å². The fraction of sp³-hybridized carbons (Fsp3) is 0.500. The molecule has 0 aromatic heterocycles. The number of amides is 1. The van der Waals surface area contributed by atoms with Gasteiger partial charge in [0.25, 0.3) is 5.91 Å². The topological polar surface area (TPSA) is 64.3 Å². The minimum atomic E-state index is -0.482. The standard InChI is InChI=1S/C14H22N2O2/c1-3-9-16-14(17)11(2)18-13-6-4-5-12(10-13)7-8-15/h4-6,10-11H,3,7-9,15H2,1-2H3,(H,16,17). The van der Waals surface area contributed by atoms with E-state index in [4.69, 9.17) is 10.5 Å². The summed E-state index contributed by atoms with van der Waals surface area (Å²) in [5.74, 6) is 0.626. The number of ether oxygens (including phenoxy) is 1. The number of hydrogen-bond acceptors (Lipinski definition) is 3. The second-order valence-electron chi connectivity index (χ2n) is 4.24. The molecule has 0 radical (unpaired) electrons. The molecule has 1 aromatic carbocycles. The first-order valence-electron chi connectivity index (χ1n) is 6.40. The Morgan fingerprint density at radius 3 is 2.94 bits per heavy atom. The smallest absolute Gasteiger partial charge is 0.260 e. The van der Waals surface area contributed by atoms with Crippen LogP contribution in [0.5, 0.6) is 5.75 Å². The molecule has 0 aliphatic rings. The van der Waals surface area contributed by atoms with Gasteiger partial charge in [-0.15, -0.1) is 0 Å². The molecule has 0 saturated carbocycles. The van der Waals surface area contributed by atoms with Crippen molar-refractivity contribution in [1.29, 1.82) is 0 Å². The lowest BCUT2D eigenvalue weighted by molar-refractivity contribution is -0.127. The summed E-state index contributed by atoms with van der Waals surface area (Å²) in [4.78, 5) is 11.7. The minimum Gasteiger partial charge on any atom is -0.481 e. The van der Waals surface area contributed by atoms with Crippen LogP contribution in [0, 0.1) is 0 Å². The van der Waals surface area contributed by atoms with Crippen LogP contribution in [-0.2, 0) is 11.2 Å². The van der Waals surface area contributed by atoms with Crippen molar-refractivity contribution in [2.24, 2.45) is 5.73 Å². The molecule has 18 heavy (non-hydrogen) atoms.